The van der Waals surface area contributed by atoms with Gasteiger partial charge in [0.05, 0.1) is 28.4 Å². The van der Waals surface area contributed by atoms with Gasteiger partial charge in [0.15, 0.2) is 5.15 Å². The van der Waals surface area contributed by atoms with Crippen LogP contribution in [0.1, 0.15) is 110 Å². The Kier molecular flexibility index (Phi) is 10.7. The van der Waals surface area contributed by atoms with Gasteiger partial charge in [-0.3, -0.25) is 9.59 Å². The Labute approximate surface area is 358 Å². The lowest BCUT2D eigenvalue weighted by Crippen LogP contribution is -2.58. The summed E-state index contributed by atoms with van der Waals surface area (Å²) in [5.74, 6) is 0.364. The number of benzene rings is 2. The highest BCUT2D eigenvalue weighted by Crippen LogP contribution is 2.52. The number of aromatic nitrogens is 3. The normalized spacial score (nSPS) is 23.3. The topological polar surface area (TPSA) is 125 Å². The summed E-state index contributed by atoms with van der Waals surface area (Å²) in [6, 6.07) is 17.3. The summed E-state index contributed by atoms with van der Waals surface area (Å²) in [6.07, 6.45) is 10.3. The molecule has 318 valence electrons. The highest BCUT2D eigenvalue weighted by Gasteiger charge is 2.56. The quantitative estimate of drug-likeness (QED) is 0.197. The molecule has 2 N–H and O–H groups in total. The number of halogens is 1. The zero-order valence-corrected chi connectivity index (χ0v) is 36.5. The molecule has 7 heterocycles. The molecule has 60 heavy (non-hydrogen) atoms. The molecule has 1 saturated carbocycles. The molecular weight excluding hydrogens is 776 g/mol. The van der Waals surface area contributed by atoms with Crippen LogP contribution >= 0.6 is 11.6 Å². The number of amides is 3. The van der Waals surface area contributed by atoms with E-state index in [-0.39, 0.29) is 35.4 Å². The van der Waals surface area contributed by atoms with Crippen LogP contribution in [-0.2, 0) is 25.2 Å². The van der Waals surface area contributed by atoms with E-state index in [1.807, 2.05) is 55.9 Å². The Morgan fingerprint density at radius 2 is 1.60 bits per heavy atom. The molecular formula is C47H59ClN8O4. The van der Waals surface area contributed by atoms with Crippen LogP contribution in [0.5, 0.6) is 0 Å². The van der Waals surface area contributed by atoms with Gasteiger partial charge >= 0.3 is 6.09 Å². The first-order chi connectivity index (χ1) is 28.8. The Balaban J connectivity index is 0.000000257. The number of ether oxygens (including phenoxy) is 1. The van der Waals surface area contributed by atoms with Crippen LogP contribution < -0.4 is 15.5 Å². The van der Waals surface area contributed by atoms with E-state index in [1.54, 1.807) is 4.90 Å². The van der Waals surface area contributed by atoms with Crippen molar-refractivity contribution in [2.45, 2.75) is 127 Å². The minimum absolute atomic E-state index is 0.169. The number of likely N-dealkylation sites (tertiary alicyclic amines) is 2. The van der Waals surface area contributed by atoms with Crippen LogP contribution in [0.2, 0.25) is 5.15 Å². The summed E-state index contributed by atoms with van der Waals surface area (Å²) in [6.45, 7) is 15.0. The van der Waals surface area contributed by atoms with Crippen LogP contribution in [0.15, 0.2) is 54.9 Å². The first kappa shape index (κ1) is 40.9. The Morgan fingerprint density at radius 1 is 0.883 bits per heavy atom. The van der Waals surface area contributed by atoms with Crippen LogP contribution in [0.4, 0.5) is 16.2 Å². The summed E-state index contributed by atoms with van der Waals surface area (Å²) in [7, 11) is 0. The molecule has 6 aliphatic rings. The average molecular weight is 835 g/mol. The minimum Gasteiger partial charge on any atom is -0.444 e. The molecule has 0 unspecified atom stereocenters. The number of hydrogen-bond donors (Lipinski definition) is 2. The molecule has 10 rings (SSSR count). The number of fused-ring (bicyclic) bond motifs is 5. The van der Waals surface area contributed by atoms with E-state index >= 15 is 0 Å². The highest BCUT2D eigenvalue weighted by atomic mass is 35.5. The van der Waals surface area contributed by atoms with Gasteiger partial charge in [-0.05, 0) is 141 Å². The van der Waals surface area contributed by atoms with Gasteiger partial charge in [-0.15, -0.1) is 0 Å². The Hall–Kier alpha value is -4.52. The molecule has 3 amide bonds. The molecule has 4 aromatic rings. The van der Waals surface area contributed by atoms with E-state index in [4.69, 9.17) is 21.3 Å². The predicted molar refractivity (Wildman–Crippen MR) is 236 cm³/mol. The van der Waals surface area contributed by atoms with Crippen LogP contribution in [-0.4, -0.2) is 99.2 Å². The van der Waals surface area contributed by atoms with Gasteiger partial charge in [-0.25, -0.2) is 14.8 Å². The summed E-state index contributed by atoms with van der Waals surface area (Å²) in [5, 5.41) is 6.73. The zero-order chi connectivity index (χ0) is 42.0. The van der Waals surface area contributed by atoms with E-state index in [1.165, 1.54) is 24.8 Å². The third-order valence-electron chi connectivity index (χ3n) is 14.0. The molecule has 2 spiro atoms. The molecule has 3 saturated heterocycles. The standard InChI is InChI=1S/C35H45ClN6O3.C12H14N2O/c1-22(2)41-21-37-28-20-27(38-31(36)30(28)41)23-9-10-26-29(17-23)42(25-18-24(19-25)39-13-7-6-8-14-39)32(43)35(26)11-15-40(16-12-35)33(44)45-34(3,4)5;15-11-12(5-7-13-8-6-12)9-3-1-2-4-10(9)14-11/h9-10,17,20-22,24-25H,6-8,11-16,18-19H2,1-5H3;1-4,13H,5-8H2,(H,14,15). The van der Waals surface area contributed by atoms with Crippen molar-refractivity contribution >= 4 is 51.9 Å². The van der Waals surface area contributed by atoms with Crippen molar-refractivity contribution in [1.82, 2.24) is 29.7 Å². The van der Waals surface area contributed by atoms with Crippen LogP contribution in [0.3, 0.4) is 0 Å². The van der Waals surface area contributed by atoms with Crippen LogP contribution in [0.25, 0.3) is 22.3 Å². The lowest BCUT2D eigenvalue weighted by Gasteiger charge is -2.48. The fraction of sp³-hybridized carbons (Fsp3) is 0.553. The Morgan fingerprint density at radius 3 is 2.30 bits per heavy atom. The fourth-order valence-electron chi connectivity index (χ4n) is 10.6. The Bertz CT molecular complexity index is 2290. The van der Waals surface area contributed by atoms with E-state index in [0.29, 0.717) is 37.1 Å². The molecule has 2 aromatic heterocycles. The van der Waals surface area contributed by atoms with Gasteiger partial charge in [0.2, 0.25) is 11.8 Å². The second kappa shape index (κ2) is 15.7. The smallest absolute Gasteiger partial charge is 0.410 e. The maximum Gasteiger partial charge on any atom is 0.410 e. The third-order valence-corrected chi connectivity index (χ3v) is 14.2. The van der Waals surface area contributed by atoms with Crippen LogP contribution in [0, 0.1) is 0 Å². The summed E-state index contributed by atoms with van der Waals surface area (Å²) in [4.78, 5) is 55.5. The van der Waals surface area contributed by atoms with E-state index in [0.717, 1.165) is 91.1 Å². The molecule has 2 aromatic carbocycles. The number of nitrogens with one attached hydrogen (secondary N) is 2. The third kappa shape index (κ3) is 7.15. The average Bonchev–Trinajstić information content (AvgIpc) is 3.84. The molecule has 13 heteroatoms. The SMILES string of the molecule is CC(C)n1cnc2cc(-c3ccc4c(c3)N(C3CC(N5CCCCC5)C3)C(=O)C43CCN(C(=O)OC(C)(C)C)CC3)nc(Cl)c21.O=C1Nc2ccccc2C12CCNCC2. The highest BCUT2D eigenvalue weighted by molar-refractivity contribution is 6.34. The molecule has 0 radical (unpaired) electrons. The molecule has 4 fully saturated rings. The first-order valence-corrected chi connectivity index (χ1v) is 22.5. The van der Waals surface area contributed by atoms with Crippen molar-refractivity contribution in [3.05, 3.63) is 71.1 Å². The number of para-hydroxylation sites is 1. The molecule has 0 atom stereocenters. The number of carbonyl (C=O) groups is 3. The summed E-state index contributed by atoms with van der Waals surface area (Å²) in [5.41, 5.74) is 6.10. The van der Waals surface area contributed by atoms with E-state index in [2.05, 4.69) is 63.5 Å². The van der Waals surface area contributed by atoms with Gasteiger partial charge in [-0.2, -0.15) is 0 Å². The monoisotopic (exact) mass is 834 g/mol. The number of piperidine rings is 3. The van der Waals surface area contributed by atoms with Crippen molar-refractivity contribution in [2.75, 3.05) is 49.5 Å². The lowest BCUT2D eigenvalue weighted by molar-refractivity contribution is -0.126. The van der Waals surface area contributed by atoms with Gasteiger partial charge in [0.1, 0.15) is 11.1 Å². The number of carbonyl (C=O) groups excluding carboxylic acids is 3. The number of imidazole rings is 1. The van der Waals surface area contributed by atoms with Gasteiger partial charge < -0.3 is 34.6 Å². The van der Waals surface area contributed by atoms with Gasteiger partial charge in [0, 0.05) is 48.2 Å². The minimum atomic E-state index is -0.645. The zero-order valence-electron chi connectivity index (χ0n) is 35.7. The van der Waals surface area contributed by atoms with Crippen molar-refractivity contribution in [2.24, 2.45) is 0 Å². The number of nitrogens with zero attached hydrogens (tertiary/aromatic N) is 6. The van der Waals surface area contributed by atoms with Gasteiger partial charge in [-0.1, -0.05) is 48.4 Å². The lowest BCUT2D eigenvalue weighted by atomic mass is 9.73. The number of anilines is 2. The second-order valence-corrected chi connectivity index (χ2v) is 19.4. The number of rotatable bonds is 4. The van der Waals surface area contributed by atoms with Gasteiger partial charge in [0.25, 0.3) is 0 Å². The number of pyridine rings is 1. The molecule has 0 bridgehead atoms. The maximum atomic E-state index is 14.6. The second-order valence-electron chi connectivity index (χ2n) is 19.1. The molecule has 12 nitrogen and oxygen atoms in total. The van der Waals surface area contributed by atoms with E-state index in [9.17, 15) is 14.4 Å². The largest absolute Gasteiger partial charge is 0.444 e. The first-order valence-electron chi connectivity index (χ1n) is 22.1. The van der Waals surface area contributed by atoms with Crippen molar-refractivity contribution < 1.29 is 19.1 Å². The predicted octanol–water partition coefficient (Wildman–Crippen LogP) is 8.22. The maximum absolute atomic E-state index is 14.6. The van der Waals surface area contributed by atoms with E-state index < -0.39 is 11.0 Å². The van der Waals surface area contributed by atoms with Crippen molar-refractivity contribution in [3.8, 4) is 11.3 Å². The molecule has 1 aliphatic carbocycles. The fourth-order valence-corrected chi connectivity index (χ4v) is 10.9. The van der Waals surface area contributed by atoms with Crippen molar-refractivity contribution in [3.63, 3.8) is 0 Å². The number of hydrogen-bond acceptors (Lipinski definition) is 8. The summed E-state index contributed by atoms with van der Waals surface area (Å²) >= 11 is 6.76. The van der Waals surface area contributed by atoms with Crippen molar-refractivity contribution in [1.29, 1.82) is 0 Å². The summed E-state index contributed by atoms with van der Waals surface area (Å²) < 4.78 is 7.70. The molecule has 5 aliphatic heterocycles.